The van der Waals surface area contributed by atoms with Crippen molar-refractivity contribution < 1.29 is 0 Å². The molecule has 1 aromatic heterocycles. The van der Waals surface area contributed by atoms with E-state index in [1.54, 1.807) is 0 Å². The Bertz CT molecular complexity index is 464. The Morgan fingerprint density at radius 2 is 1.95 bits per heavy atom. The van der Waals surface area contributed by atoms with E-state index in [1.807, 2.05) is 11.7 Å². The first-order chi connectivity index (χ1) is 8.81. The van der Waals surface area contributed by atoms with Crippen LogP contribution in [0.2, 0.25) is 5.02 Å². The fourth-order valence-corrected chi connectivity index (χ4v) is 3.59. The minimum atomic E-state index is -0.173. The van der Waals surface area contributed by atoms with Gasteiger partial charge in [-0.15, -0.1) is 0 Å². The average molecular weight is 284 g/mol. The van der Waals surface area contributed by atoms with Crippen LogP contribution < -0.4 is 5.73 Å². The summed E-state index contributed by atoms with van der Waals surface area (Å²) in [5.74, 6) is 0. The highest BCUT2D eigenvalue weighted by molar-refractivity contribution is 6.31. The van der Waals surface area contributed by atoms with Gasteiger partial charge in [0, 0.05) is 19.0 Å². The third-order valence-corrected chi connectivity index (χ3v) is 5.44. The SMILES string of the molecule is CCc1nn(C)c(CC2(N)CCCCC2(C)C)c1Cl. The lowest BCUT2D eigenvalue weighted by atomic mass is 9.62. The zero-order valence-corrected chi connectivity index (χ0v) is 13.3. The first-order valence-electron chi connectivity index (χ1n) is 7.30. The van der Waals surface area contributed by atoms with Gasteiger partial charge in [-0.3, -0.25) is 4.68 Å². The van der Waals surface area contributed by atoms with Gasteiger partial charge in [-0.05, 0) is 24.7 Å². The molecule has 2 rings (SSSR count). The molecule has 1 aromatic rings. The van der Waals surface area contributed by atoms with E-state index in [0.29, 0.717) is 0 Å². The molecule has 108 valence electrons. The fraction of sp³-hybridized carbons (Fsp3) is 0.800. The monoisotopic (exact) mass is 283 g/mol. The van der Waals surface area contributed by atoms with E-state index in [0.717, 1.165) is 35.7 Å². The Balaban J connectivity index is 2.32. The van der Waals surface area contributed by atoms with Gasteiger partial charge in [-0.2, -0.15) is 5.10 Å². The quantitative estimate of drug-likeness (QED) is 0.923. The van der Waals surface area contributed by atoms with Gasteiger partial charge < -0.3 is 5.73 Å². The van der Waals surface area contributed by atoms with Crippen molar-refractivity contribution in [3.63, 3.8) is 0 Å². The second-order valence-electron chi connectivity index (χ2n) is 6.61. The van der Waals surface area contributed by atoms with Gasteiger partial charge >= 0.3 is 0 Å². The molecule has 0 saturated heterocycles. The Morgan fingerprint density at radius 1 is 1.32 bits per heavy atom. The van der Waals surface area contributed by atoms with E-state index in [-0.39, 0.29) is 11.0 Å². The van der Waals surface area contributed by atoms with Crippen molar-refractivity contribution in [2.45, 2.75) is 64.8 Å². The summed E-state index contributed by atoms with van der Waals surface area (Å²) < 4.78 is 1.92. The maximum atomic E-state index is 6.76. The van der Waals surface area contributed by atoms with E-state index in [1.165, 1.54) is 19.3 Å². The van der Waals surface area contributed by atoms with E-state index in [2.05, 4.69) is 25.9 Å². The summed E-state index contributed by atoms with van der Waals surface area (Å²) in [6.45, 7) is 6.66. The number of rotatable bonds is 3. The molecule has 1 atom stereocenters. The summed E-state index contributed by atoms with van der Waals surface area (Å²) >= 11 is 6.47. The highest BCUT2D eigenvalue weighted by Crippen LogP contribution is 2.44. The summed E-state index contributed by atoms with van der Waals surface area (Å²) in [4.78, 5) is 0. The van der Waals surface area contributed by atoms with Crippen LogP contribution in [-0.4, -0.2) is 15.3 Å². The number of nitrogens with two attached hydrogens (primary N) is 1. The van der Waals surface area contributed by atoms with E-state index < -0.39 is 0 Å². The molecule has 0 aliphatic heterocycles. The van der Waals surface area contributed by atoms with Crippen molar-refractivity contribution in [2.24, 2.45) is 18.2 Å². The summed E-state index contributed by atoms with van der Waals surface area (Å²) in [6.07, 6.45) is 6.46. The summed E-state index contributed by atoms with van der Waals surface area (Å²) in [7, 11) is 1.97. The maximum Gasteiger partial charge on any atom is 0.0850 e. The number of aryl methyl sites for hydroxylation is 2. The van der Waals surface area contributed by atoms with Crippen LogP contribution in [0.5, 0.6) is 0 Å². The molecule has 1 aliphatic rings. The minimum absolute atomic E-state index is 0.158. The van der Waals surface area contributed by atoms with Gasteiger partial charge in [0.2, 0.25) is 0 Å². The van der Waals surface area contributed by atoms with Gasteiger partial charge in [-0.1, -0.05) is 45.2 Å². The lowest BCUT2D eigenvalue weighted by Gasteiger charge is -2.48. The first kappa shape index (κ1) is 14.9. The number of hydrogen-bond donors (Lipinski definition) is 1. The van der Waals surface area contributed by atoms with Crippen molar-refractivity contribution in [1.29, 1.82) is 0 Å². The minimum Gasteiger partial charge on any atom is -0.324 e. The van der Waals surface area contributed by atoms with Crippen molar-refractivity contribution >= 4 is 11.6 Å². The van der Waals surface area contributed by atoms with Crippen LogP contribution in [0.15, 0.2) is 0 Å². The molecule has 1 aliphatic carbocycles. The summed E-state index contributed by atoms with van der Waals surface area (Å²) in [5, 5.41) is 5.32. The van der Waals surface area contributed by atoms with Gasteiger partial charge in [0.25, 0.3) is 0 Å². The van der Waals surface area contributed by atoms with Gasteiger partial charge in [0.05, 0.1) is 16.4 Å². The Kier molecular flexibility index (Phi) is 3.99. The normalized spacial score (nSPS) is 26.6. The molecule has 1 saturated carbocycles. The van der Waals surface area contributed by atoms with Crippen LogP contribution in [0.25, 0.3) is 0 Å². The van der Waals surface area contributed by atoms with E-state index >= 15 is 0 Å². The zero-order valence-electron chi connectivity index (χ0n) is 12.6. The van der Waals surface area contributed by atoms with Crippen molar-refractivity contribution in [3.8, 4) is 0 Å². The number of nitrogens with zero attached hydrogens (tertiary/aromatic N) is 2. The molecule has 0 amide bonds. The molecule has 1 fully saturated rings. The molecule has 0 bridgehead atoms. The molecule has 2 N–H and O–H groups in total. The number of hydrogen-bond acceptors (Lipinski definition) is 2. The molecule has 1 heterocycles. The molecule has 1 unspecified atom stereocenters. The molecular weight excluding hydrogens is 258 g/mol. The topological polar surface area (TPSA) is 43.8 Å². The molecule has 4 heteroatoms. The molecule has 3 nitrogen and oxygen atoms in total. The predicted molar refractivity (Wildman–Crippen MR) is 80.5 cm³/mol. The second-order valence-corrected chi connectivity index (χ2v) is 6.99. The van der Waals surface area contributed by atoms with Gasteiger partial charge in [0.1, 0.15) is 0 Å². The molecule has 0 spiro atoms. The largest absolute Gasteiger partial charge is 0.324 e. The lowest BCUT2D eigenvalue weighted by molar-refractivity contribution is 0.0973. The molecule has 0 aromatic carbocycles. The molecular formula is C15H26ClN3. The Labute approximate surface area is 121 Å². The highest BCUT2D eigenvalue weighted by atomic mass is 35.5. The Hall–Kier alpha value is -0.540. The molecule has 19 heavy (non-hydrogen) atoms. The summed E-state index contributed by atoms with van der Waals surface area (Å²) in [6, 6.07) is 0. The van der Waals surface area contributed by atoms with Crippen molar-refractivity contribution in [1.82, 2.24) is 9.78 Å². The third-order valence-electron chi connectivity index (χ3n) is 5.01. The lowest BCUT2D eigenvalue weighted by Crippen LogP contribution is -2.56. The fourth-order valence-electron chi connectivity index (χ4n) is 3.23. The smallest absolute Gasteiger partial charge is 0.0850 e. The van der Waals surface area contributed by atoms with Crippen LogP contribution in [0.4, 0.5) is 0 Å². The van der Waals surface area contributed by atoms with Crippen LogP contribution >= 0.6 is 11.6 Å². The van der Waals surface area contributed by atoms with Crippen LogP contribution in [0.1, 0.15) is 57.8 Å². The van der Waals surface area contributed by atoms with E-state index in [4.69, 9.17) is 17.3 Å². The average Bonchev–Trinajstić information content (AvgIpc) is 2.60. The van der Waals surface area contributed by atoms with Crippen molar-refractivity contribution in [2.75, 3.05) is 0 Å². The number of aromatic nitrogens is 2. The summed E-state index contributed by atoms with van der Waals surface area (Å²) in [5.41, 5.74) is 8.82. The Morgan fingerprint density at radius 3 is 2.47 bits per heavy atom. The standard InChI is InChI=1S/C15H26ClN3/c1-5-11-13(16)12(19(4)18-11)10-15(17)9-7-6-8-14(15,2)3/h5-10,17H2,1-4H3. The second kappa shape index (κ2) is 5.10. The third kappa shape index (κ3) is 2.55. The van der Waals surface area contributed by atoms with Gasteiger partial charge in [-0.25, -0.2) is 0 Å². The number of halogens is 1. The first-order valence-corrected chi connectivity index (χ1v) is 7.67. The maximum absolute atomic E-state index is 6.76. The van der Waals surface area contributed by atoms with Crippen LogP contribution in [0, 0.1) is 5.41 Å². The highest BCUT2D eigenvalue weighted by Gasteiger charge is 2.44. The van der Waals surface area contributed by atoms with E-state index in [9.17, 15) is 0 Å². The van der Waals surface area contributed by atoms with Crippen LogP contribution in [-0.2, 0) is 19.9 Å². The molecule has 0 radical (unpaired) electrons. The zero-order chi connectivity index (χ0) is 14.3. The predicted octanol–water partition coefficient (Wildman–Crippen LogP) is 3.48. The van der Waals surface area contributed by atoms with Crippen molar-refractivity contribution in [3.05, 3.63) is 16.4 Å². The van der Waals surface area contributed by atoms with Gasteiger partial charge in [0.15, 0.2) is 0 Å². The van der Waals surface area contributed by atoms with Crippen LogP contribution in [0.3, 0.4) is 0 Å².